The second-order valence-corrected chi connectivity index (χ2v) is 9.22. The molecule has 2 aromatic rings. The Kier molecular flexibility index (Phi) is 9.30. The maximum absolute atomic E-state index is 12.2. The molecule has 0 aliphatic rings. The summed E-state index contributed by atoms with van der Waals surface area (Å²) in [4.78, 5) is 35.7. The van der Waals surface area contributed by atoms with Gasteiger partial charge < -0.3 is 22.1 Å². The van der Waals surface area contributed by atoms with E-state index in [1.807, 2.05) is 49.4 Å². The minimum absolute atomic E-state index is 0.264. The van der Waals surface area contributed by atoms with Gasteiger partial charge in [0.2, 0.25) is 17.7 Å². The summed E-state index contributed by atoms with van der Waals surface area (Å²) in [5.41, 5.74) is 12.2. The van der Waals surface area contributed by atoms with E-state index in [9.17, 15) is 14.4 Å². The van der Waals surface area contributed by atoms with Crippen LogP contribution in [0.2, 0.25) is 0 Å². The number of fused-ring (bicyclic) bond motifs is 1. The Hall–Kier alpha value is -2.23. The van der Waals surface area contributed by atoms with Crippen LogP contribution in [0.25, 0.3) is 10.8 Å². The predicted octanol–water partition coefficient (Wildman–Crippen LogP) is 1.20. The van der Waals surface area contributed by atoms with Gasteiger partial charge in [-0.1, -0.05) is 71.0 Å². The van der Waals surface area contributed by atoms with Crippen LogP contribution in [0.15, 0.2) is 42.5 Å². The number of carbonyl (C=O) groups is 3. The minimum Gasteiger partial charge on any atom is -0.368 e. The van der Waals surface area contributed by atoms with Crippen molar-refractivity contribution >= 4 is 50.1 Å². The SMILES string of the molecule is CCSSCC(NC(=O)CNC(=O)C(N)Cc1ccc2ccccc2c1)C(N)=O. The van der Waals surface area contributed by atoms with Crippen LogP contribution in [-0.2, 0) is 20.8 Å². The number of amides is 3. The van der Waals surface area contributed by atoms with Gasteiger partial charge in [0.25, 0.3) is 0 Å². The molecule has 0 heterocycles. The molecule has 2 unspecified atom stereocenters. The van der Waals surface area contributed by atoms with E-state index in [4.69, 9.17) is 11.5 Å². The quantitative estimate of drug-likeness (QED) is 0.311. The highest BCUT2D eigenvalue weighted by Crippen LogP contribution is 2.21. The molecule has 9 heteroatoms. The van der Waals surface area contributed by atoms with Crippen molar-refractivity contribution in [2.24, 2.45) is 11.5 Å². The third-order valence-corrected chi connectivity index (χ3v) is 6.63. The summed E-state index contributed by atoms with van der Waals surface area (Å²) in [5, 5.41) is 7.24. The maximum Gasteiger partial charge on any atom is 0.240 e. The number of benzene rings is 2. The summed E-state index contributed by atoms with van der Waals surface area (Å²) in [6, 6.07) is 12.3. The van der Waals surface area contributed by atoms with Crippen molar-refractivity contribution in [1.29, 1.82) is 0 Å². The van der Waals surface area contributed by atoms with Crippen LogP contribution >= 0.6 is 21.6 Å². The summed E-state index contributed by atoms with van der Waals surface area (Å²) in [6.45, 7) is 1.73. The molecule has 0 bridgehead atoms. The molecule has 0 aliphatic heterocycles. The van der Waals surface area contributed by atoms with Crippen molar-refractivity contribution in [2.45, 2.75) is 25.4 Å². The van der Waals surface area contributed by atoms with Gasteiger partial charge in [0.1, 0.15) is 6.04 Å². The lowest BCUT2D eigenvalue weighted by atomic mass is 10.0. The molecule has 2 aromatic carbocycles. The third kappa shape index (κ3) is 7.60. The van der Waals surface area contributed by atoms with Crippen molar-refractivity contribution in [2.75, 3.05) is 18.1 Å². The topological polar surface area (TPSA) is 127 Å². The van der Waals surface area contributed by atoms with Crippen LogP contribution in [-0.4, -0.2) is 47.9 Å². The minimum atomic E-state index is -0.785. The number of primary amides is 1. The zero-order valence-electron chi connectivity index (χ0n) is 16.2. The molecule has 0 saturated carbocycles. The molecule has 0 spiro atoms. The summed E-state index contributed by atoms with van der Waals surface area (Å²) in [6.07, 6.45) is 0.354. The highest BCUT2D eigenvalue weighted by atomic mass is 33.1. The molecule has 0 saturated heterocycles. The van der Waals surface area contributed by atoms with E-state index in [-0.39, 0.29) is 6.54 Å². The number of hydrogen-bond acceptors (Lipinski definition) is 6. The molecule has 6 N–H and O–H groups in total. The zero-order chi connectivity index (χ0) is 21.2. The lowest BCUT2D eigenvalue weighted by Gasteiger charge is -2.16. The van der Waals surface area contributed by atoms with Gasteiger partial charge in [0.05, 0.1) is 12.6 Å². The van der Waals surface area contributed by atoms with Crippen molar-refractivity contribution in [1.82, 2.24) is 10.6 Å². The first-order valence-electron chi connectivity index (χ1n) is 9.24. The van der Waals surface area contributed by atoms with Gasteiger partial charge in [-0.2, -0.15) is 0 Å². The van der Waals surface area contributed by atoms with Crippen LogP contribution < -0.4 is 22.1 Å². The van der Waals surface area contributed by atoms with Gasteiger partial charge in [-0.05, 0) is 22.8 Å². The molecule has 0 aromatic heterocycles. The van der Waals surface area contributed by atoms with Gasteiger partial charge >= 0.3 is 0 Å². The van der Waals surface area contributed by atoms with Crippen molar-refractivity contribution in [3.63, 3.8) is 0 Å². The van der Waals surface area contributed by atoms with E-state index < -0.39 is 29.8 Å². The predicted molar refractivity (Wildman–Crippen MR) is 120 cm³/mol. The fraction of sp³-hybridized carbons (Fsp3) is 0.350. The van der Waals surface area contributed by atoms with Gasteiger partial charge in [-0.25, -0.2) is 0 Å². The van der Waals surface area contributed by atoms with Crippen molar-refractivity contribution < 1.29 is 14.4 Å². The number of hydrogen-bond donors (Lipinski definition) is 4. The van der Waals surface area contributed by atoms with E-state index in [2.05, 4.69) is 10.6 Å². The normalized spacial score (nSPS) is 12.9. The first-order chi connectivity index (χ1) is 13.9. The summed E-state index contributed by atoms with van der Waals surface area (Å²) in [5.74, 6) is -0.270. The molecular formula is C20H26N4O3S2. The van der Waals surface area contributed by atoms with E-state index in [0.717, 1.165) is 22.1 Å². The summed E-state index contributed by atoms with van der Waals surface area (Å²) in [7, 11) is 3.03. The van der Waals surface area contributed by atoms with Gasteiger partial charge in [0, 0.05) is 11.5 Å². The maximum atomic E-state index is 12.2. The molecule has 0 fully saturated rings. The molecule has 156 valence electrons. The zero-order valence-corrected chi connectivity index (χ0v) is 17.9. The highest BCUT2D eigenvalue weighted by Gasteiger charge is 2.20. The van der Waals surface area contributed by atoms with Crippen LogP contribution in [0.1, 0.15) is 12.5 Å². The van der Waals surface area contributed by atoms with Crippen LogP contribution in [0.4, 0.5) is 0 Å². The monoisotopic (exact) mass is 434 g/mol. The molecule has 2 rings (SSSR count). The molecule has 0 radical (unpaired) electrons. The Bertz CT molecular complexity index is 862. The molecule has 2 atom stereocenters. The van der Waals surface area contributed by atoms with Gasteiger partial charge in [-0.15, -0.1) is 0 Å². The third-order valence-electron chi connectivity index (χ3n) is 4.14. The fourth-order valence-electron chi connectivity index (χ4n) is 2.65. The number of nitrogens with two attached hydrogens (primary N) is 2. The second kappa shape index (κ2) is 11.7. The van der Waals surface area contributed by atoms with E-state index >= 15 is 0 Å². The summed E-state index contributed by atoms with van der Waals surface area (Å²) < 4.78 is 0. The van der Waals surface area contributed by atoms with Crippen molar-refractivity contribution in [3.05, 3.63) is 48.0 Å². The van der Waals surface area contributed by atoms with Crippen LogP contribution in [0.5, 0.6) is 0 Å². The van der Waals surface area contributed by atoms with Crippen molar-refractivity contribution in [3.8, 4) is 0 Å². The fourth-order valence-corrected chi connectivity index (χ4v) is 4.49. The first kappa shape index (κ1) is 23.1. The number of carbonyl (C=O) groups excluding carboxylic acids is 3. The van der Waals surface area contributed by atoms with Gasteiger partial charge in [0.15, 0.2) is 0 Å². The molecule has 7 nitrogen and oxygen atoms in total. The highest BCUT2D eigenvalue weighted by molar-refractivity contribution is 8.76. The number of rotatable bonds is 11. The number of nitrogens with one attached hydrogen (secondary N) is 2. The Labute approximate surface area is 178 Å². The Balaban J connectivity index is 1.82. The lowest BCUT2D eigenvalue weighted by molar-refractivity contribution is -0.128. The molecule has 0 aliphatic carbocycles. The smallest absolute Gasteiger partial charge is 0.240 e. The van der Waals surface area contributed by atoms with Crippen LogP contribution in [0.3, 0.4) is 0 Å². The molecular weight excluding hydrogens is 408 g/mol. The standard InChI is InChI=1S/C20H26N4O3S2/c1-2-28-29-12-17(19(22)26)24-18(25)11-23-20(27)16(21)10-13-7-8-14-5-3-4-6-15(14)9-13/h3-9,16-17H,2,10-12,21H2,1H3,(H2,22,26)(H,23,27)(H,24,25). The van der Waals surface area contributed by atoms with E-state index in [0.29, 0.717) is 12.2 Å². The van der Waals surface area contributed by atoms with E-state index in [1.165, 1.54) is 10.8 Å². The Morgan fingerprint density at radius 2 is 1.79 bits per heavy atom. The summed E-state index contributed by atoms with van der Waals surface area (Å²) >= 11 is 0. The first-order valence-corrected chi connectivity index (χ1v) is 11.7. The largest absolute Gasteiger partial charge is 0.368 e. The van der Waals surface area contributed by atoms with E-state index in [1.54, 1.807) is 10.8 Å². The van der Waals surface area contributed by atoms with Gasteiger partial charge in [-0.3, -0.25) is 14.4 Å². The average molecular weight is 435 g/mol. The molecule has 3 amide bonds. The Morgan fingerprint density at radius 1 is 1.07 bits per heavy atom. The van der Waals surface area contributed by atoms with Crippen LogP contribution in [0, 0.1) is 0 Å². The second-order valence-electron chi connectivity index (χ2n) is 6.42. The average Bonchev–Trinajstić information content (AvgIpc) is 2.71. The lowest BCUT2D eigenvalue weighted by Crippen LogP contribution is -2.51. The molecule has 29 heavy (non-hydrogen) atoms. The Morgan fingerprint density at radius 3 is 2.48 bits per heavy atom.